The summed E-state index contributed by atoms with van der Waals surface area (Å²) in [5.74, 6) is 0.0825. The van der Waals surface area contributed by atoms with Gasteiger partial charge in [-0.05, 0) is 36.4 Å². The molecule has 0 fully saturated rings. The minimum Gasteiger partial charge on any atom is -0.482 e. The number of hydrogen-bond donors (Lipinski definition) is 2. The molecule has 0 radical (unpaired) electrons. The van der Waals surface area contributed by atoms with Gasteiger partial charge in [0, 0.05) is 10.2 Å². The first-order chi connectivity index (χ1) is 9.95. The van der Waals surface area contributed by atoms with Crippen LogP contribution in [0.25, 0.3) is 0 Å². The molecule has 4 nitrogen and oxygen atoms in total. The molecule has 110 valence electrons. The number of rotatable bonds is 4. The standard InChI is InChI=1S/C14H11BrCl2N2O2/c15-8-1-4-13(11(17)5-8)21-7-14(20)19-12-3-2-9(18)6-10(12)16/h1-6H,7,18H2,(H,19,20). The van der Waals surface area contributed by atoms with Crippen LogP contribution in [0.3, 0.4) is 0 Å². The highest BCUT2D eigenvalue weighted by Gasteiger charge is 2.09. The highest BCUT2D eigenvalue weighted by molar-refractivity contribution is 9.10. The summed E-state index contributed by atoms with van der Waals surface area (Å²) >= 11 is 15.3. The van der Waals surface area contributed by atoms with Crippen LogP contribution < -0.4 is 15.8 Å². The molecule has 0 bridgehead atoms. The van der Waals surface area contributed by atoms with E-state index in [0.29, 0.717) is 27.2 Å². The third-order valence-corrected chi connectivity index (χ3v) is 3.62. The van der Waals surface area contributed by atoms with E-state index in [1.54, 1.807) is 36.4 Å². The van der Waals surface area contributed by atoms with E-state index < -0.39 is 0 Å². The third-order valence-electron chi connectivity index (χ3n) is 2.52. The summed E-state index contributed by atoms with van der Waals surface area (Å²) in [6, 6.07) is 9.97. The predicted octanol–water partition coefficient (Wildman–Crippen LogP) is 4.36. The van der Waals surface area contributed by atoms with Gasteiger partial charge in [0.15, 0.2) is 6.61 Å². The summed E-state index contributed by atoms with van der Waals surface area (Å²) in [4.78, 5) is 11.8. The number of carbonyl (C=O) groups excluding carboxylic acids is 1. The monoisotopic (exact) mass is 388 g/mol. The predicted molar refractivity (Wildman–Crippen MR) is 89.1 cm³/mol. The number of benzene rings is 2. The molecule has 0 spiro atoms. The van der Waals surface area contributed by atoms with Crippen molar-refractivity contribution in [3.63, 3.8) is 0 Å². The van der Waals surface area contributed by atoms with Crippen molar-refractivity contribution in [2.75, 3.05) is 17.7 Å². The Morgan fingerprint density at radius 2 is 1.95 bits per heavy atom. The fourth-order valence-electron chi connectivity index (χ4n) is 1.55. The lowest BCUT2D eigenvalue weighted by atomic mass is 10.3. The molecule has 1 amide bonds. The third kappa shape index (κ3) is 4.52. The number of nitrogens with two attached hydrogens (primary N) is 1. The first-order valence-corrected chi connectivity index (χ1v) is 7.43. The fourth-order valence-corrected chi connectivity index (χ4v) is 2.52. The van der Waals surface area contributed by atoms with Crippen molar-refractivity contribution in [3.05, 3.63) is 50.9 Å². The highest BCUT2D eigenvalue weighted by atomic mass is 79.9. The first kappa shape index (κ1) is 15.9. The first-order valence-electron chi connectivity index (χ1n) is 5.88. The zero-order valence-electron chi connectivity index (χ0n) is 10.7. The summed E-state index contributed by atoms with van der Waals surface area (Å²) in [7, 11) is 0. The van der Waals surface area contributed by atoms with Gasteiger partial charge >= 0.3 is 0 Å². The van der Waals surface area contributed by atoms with Gasteiger partial charge in [-0.2, -0.15) is 0 Å². The second-order valence-electron chi connectivity index (χ2n) is 4.15. The van der Waals surface area contributed by atoms with Crippen molar-refractivity contribution >= 4 is 56.4 Å². The van der Waals surface area contributed by atoms with Gasteiger partial charge in [-0.25, -0.2) is 0 Å². The normalized spacial score (nSPS) is 10.2. The Kier molecular flexibility index (Phi) is 5.33. The van der Waals surface area contributed by atoms with Gasteiger partial charge < -0.3 is 15.8 Å². The number of halogens is 3. The molecule has 3 N–H and O–H groups in total. The van der Waals surface area contributed by atoms with Crippen molar-refractivity contribution in [2.24, 2.45) is 0 Å². The number of nitrogen functional groups attached to an aromatic ring is 1. The summed E-state index contributed by atoms with van der Waals surface area (Å²) in [6.07, 6.45) is 0. The molecule has 7 heteroatoms. The van der Waals surface area contributed by atoms with Crippen LogP contribution in [-0.2, 0) is 4.79 Å². The second-order valence-corrected chi connectivity index (χ2v) is 5.88. The van der Waals surface area contributed by atoms with Crippen LogP contribution >= 0.6 is 39.1 Å². The molecule has 21 heavy (non-hydrogen) atoms. The molecule has 2 aromatic carbocycles. The van der Waals surface area contributed by atoms with Gasteiger partial charge in [0.1, 0.15) is 5.75 Å². The van der Waals surface area contributed by atoms with E-state index >= 15 is 0 Å². The lowest BCUT2D eigenvalue weighted by Crippen LogP contribution is -2.20. The maximum Gasteiger partial charge on any atom is 0.262 e. The number of ether oxygens (including phenoxy) is 1. The van der Waals surface area contributed by atoms with Crippen molar-refractivity contribution in [2.45, 2.75) is 0 Å². The zero-order valence-corrected chi connectivity index (χ0v) is 13.8. The van der Waals surface area contributed by atoms with Crippen LogP contribution in [0.2, 0.25) is 10.0 Å². The van der Waals surface area contributed by atoms with Crippen LogP contribution in [0.1, 0.15) is 0 Å². The average Bonchev–Trinajstić information content (AvgIpc) is 2.41. The molecule has 2 aromatic rings. The van der Waals surface area contributed by atoms with E-state index in [0.717, 1.165) is 4.47 Å². The van der Waals surface area contributed by atoms with Gasteiger partial charge in [-0.1, -0.05) is 39.1 Å². The Labute approximate surface area is 140 Å². The van der Waals surface area contributed by atoms with Crippen LogP contribution in [0, 0.1) is 0 Å². The summed E-state index contributed by atoms with van der Waals surface area (Å²) in [6.45, 7) is -0.179. The van der Waals surface area contributed by atoms with Gasteiger partial charge in [-0.3, -0.25) is 4.79 Å². The molecule has 0 unspecified atom stereocenters. The number of carbonyl (C=O) groups is 1. The Morgan fingerprint density at radius 3 is 2.62 bits per heavy atom. The minimum atomic E-state index is -0.347. The fraction of sp³-hybridized carbons (Fsp3) is 0.0714. The smallest absolute Gasteiger partial charge is 0.262 e. The van der Waals surface area contributed by atoms with E-state index in [-0.39, 0.29) is 12.5 Å². The minimum absolute atomic E-state index is 0.179. The van der Waals surface area contributed by atoms with Crippen LogP contribution in [0.5, 0.6) is 5.75 Å². The van der Waals surface area contributed by atoms with Crippen LogP contribution in [0.15, 0.2) is 40.9 Å². The Balaban J connectivity index is 1.96. The molecule has 0 saturated carbocycles. The van der Waals surface area contributed by atoms with Crippen LogP contribution in [0.4, 0.5) is 11.4 Å². The van der Waals surface area contributed by atoms with Crippen molar-refractivity contribution in [1.29, 1.82) is 0 Å². The molecule has 0 saturated heterocycles. The van der Waals surface area contributed by atoms with Crippen molar-refractivity contribution < 1.29 is 9.53 Å². The Morgan fingerprint density at radius 1 is 1.19 bits per heavy atom. The van der Waals surface area contributed by atoms with E-state index in [1.807, 2.05) is 0 Å². The Bertz CT molecular complexity index is 680. The van der Waals surface area contributed by atoms with E-state index in [4.69, 9.17) is 33.7 Å². The number of anilines is 2. The lowest BCUT2D eigenvalue weighted by Gasteiger charge is -2.10. The lowest BCUT2D eigenvalue weighted by molar-refractivity contribution is -0.118. The molecular formula is C14H11BrCl2N2O2. The van der Waals surface area contributed by atoms with Gasteiger partial charge in [0.25, 0.3) is 5.91 Å². The summed E-state index contributed by atoms with van der Waals surface area (Å²) in [5.41, 5.74) is 6.58. The number of amides is 1. The number of hydrogen-bond acceptors (Lipinski definition) is 3. The topological polar surface area (TPSA) is 64.3 Å². The van der Waals surface area contributed by atoms with Gasteiger partial charge in [0.05, 0.1) is 15.7 Å². The SMILES string of the molecule is Nc1ccc(NC(=O)COc2ccc(Br)cc2Cl)c(Cl)c1. The molecular weight excluding hydrogens is 379 g/mol. The van der Waals surface area contributed by atoms with E-state index in [2.05, 4.69) is 21.2 Å². The highest BCUT2D eigenvalue weighted by Crippen LogP contribution is 2.28. The van der Waals surface area contributed by atoms with E-state index in [1.165, 1.54) is 0 Å². The quantitative estimate of drug-likeness (QED) is 0.763. The zero-order chi connectivity index (χ0) is 15.4. The number of nitrogens with one attached hydrogen (secondary N) is 1. The maximum absolute atomic E-state index is 11.8. The molecule has 0 aromatic heterocycles. The summed E-state index contributed by atoms with van der Waals surface area (Å²) in [5, 5.41) is 3.42. The Hall–Kier alpha value is -1.43. The molecule has 0 aliphatic rings. The largest absolute Gasteiger partial charge is 0.482 e. The molecule has 0 heterocycles. The van der Waals surface area contributed by atoms with Gasteiger partial charge in [-0.15, -0.1) is 0 Å². The molecule has 0 atom stereocenters. The summed E-state index contributed by atoms with van der Waals surface area (Å²) < 4.78 is 6.19. The van der Waals surface area contributed by atoms with Crippen molar-refractivity contribution in [3.8, 4) is 5.75 Å². The van der Waals surface area contributed by atoms with Crippen molar-refractivity contribution in [1.82, 2.24) is 0 Å². The molecule has 2 rings (SSSR count). The van der Waals surface area contributed by atoms with Crippen LogP contribution in [-0.4, -0.2) is 12.5 Å². The van der Waals surface area contributed by atoms with Gasteiger partial charge in [0.2, 0.25) is 0 Å². The average molecular weight is 390 g/mol. The maximum atomic E-state index is 11.8. The molecule has 0 aliphatic heterocycles. The molecule has 0 aliphatic carbocycles. The second kappa shape index (κ2) is 7.02. The van der Waals surface area contributed by atoms with E-state index in [9.17, 15) is 4.79 Å².